The first-order valence-corrected chi connectivity index (χ1v) is 10.0. The van der Waals surface area contributed by atoms with Crippen molar-refractivity contribution in [2.24, 2.45) is 0 Å². The maximum Gasteiger partial charge on any atom is 0.259 e. The number of aryl methyl sites for hydroxylation is 2. The topological polar surface area (TPSA) is 56.4 Å². The van der Waals surface area contributed by atoms with Crippen molar-refractivity contribution in [3.8, 4) is 0 Å². The molecule has 5 nitrogen and oxygen atoms in total. The van der Waals surface area contributed by atoms with E-state index in [0.717, 1.165) is 11.3 Å². The average molecular weight is 411 g/mol. The molecular formula is C23H23F2N3O2. The second kappa shape index (κ2) is 8.26. The Morgan fingerprint density at radius 1 is 1.07 bits per heavy atom. The second-order valence-corrected chi connectivity index (χ2v) is 7.62. The van der Waals surface area contributed by atoms with E-state index in [9.17, 15) is 18.4 Å². The van der Waals surface area contributed by atoms with Gasteiger partial charge in [0.2, 0.25) is 5.91 Å². The van der Waals surface area contributed by atoms with Crippen LogP contribution in [0.5, 0.6) is 0 Å². The van der Waals surface area contributed by atoms with Gasteiger partial charge >= 0.3 is 0 Å². The molecule has 1 aliphatic rings. The molecule has 0 aliphatic carbocycles. The van der Waals surface area contributed by atoms with E-state index in [1.807, 2.05) is 13.0 Å². The number of fused-ring (bicyclic) bond motifs is 1. The van der Waals surface area contributed by atoms with Crippen LogP contribution in [0.25, 0.3) is 10.8 Å². The minimum Gasteiger partial charge on any atom is -0.368 e. The third-order valence-electron chi connectivity index (χ3n) is 5.65. The van der Waals surface area contributed by atoms with Crippen molar-refractivity contribution in [1.29, 1.82) is 0 Å². The summed E-state index contributed by atoms with van der Waals surface area (Å²) in [5, 5.41) is 0.628. The number of H-pyrrole nitrogens is 1. The highest BCUT2D eigenvalue weighted by atomic mass is 19.1. The summed E-state index contributed by atoms with van der Waals surface area (Å²) in [5.74, 6) is -0.813. The third-order valence-corrected chi connectivity index (χ3v) is 5.65. The van der Waals surface area contributed by atoms with E-state index >= 15 is 0 Å². The summed E-state index contributed by atoms with van der Waals surface area (Å²) >= 11 is 0. The van der Waals surface area contributed by atoms with Gasteiger partial charge in [-0.3, -0.25) is 9.59 Å². The van der Waals surface area contributed by atoms with E-state index < -0.39 is 11.4 Å². The minimum atomic E-state index is -0.546. The lowest BCUT2D eigenvalue weighted by molar-refractivity contribution is -0.131. The van der Waals surface area contributed by atoms with E-state index in [0.29, 0.717) is 43.7 Å². The van der Waals surface area contributed by atoms with Crippen LogP contribution in [0.3, 0.4) is 0 Å². The normalized spacial score (nSPS) is 14.4. The van der Waals surface area contributed by atoms with E-state index in [1.165, 1.54) is 18.2 Å². The Morgan fingerprint density at radius 3 is 2.57 bits per heavy atom. The quantitative estimate of drug-likeness (QED) is 0.716. The number of hydrogen-bond acceptors (Lipinski definition) is 3. The van der Waals surface area contributed by atoms with Crippen molar-refractivity contribution in [2.75, 3.05) is 31.1 Å². The van der Waals surface area contributed by atoms with Crippen molar-refractivity contribution in [3.05, 3.63) is 75.7 Å². The van der Waals surface area contributed by atoms with Crippen molar-refractivity contribution in [3.63, 3.8) is 0 Å². The Balaban J connectivity index is 1.39. The maximum absolute atomic E-state index is 14.0. The van der Waals surface area contributed by atoms with Crippen LogP contribution in [0.2, 0.25) is 0 Å². The largest absolute Gasteiger partial charge is 0.368 e. The molecule has 0 atom stereocenters. The number of hydrogen-bond donors (Lipinski definition) is 1. The number of aromatic amines is 1. The number of nitrogens with one attached hydrogen (secondary N) is 1. The fourth-order valence-corrected chi connectivity index (χ4v) is 3.95. The fraction of sp³-hybridized carbons (Fsp3) is 0.304. The molecule has 156 valence electrons. The predicted molar refractivity (Wildman–Crippen MR) is 113 cm³/mol. The summed E-state index contributed by atoms with van der Waals surface area (Å²) in [4.78, 5) is 31.5. The van der Waals surface area contributed by atoms with Crippen LogP contribution >= 0.6 is 0 Å². The zero-order valence-corrected chi connectivity index (χ0v) is 16.8. The molecule has 4 rings (SSSR count). The Hall–Kier alpha value is -3.22. The summed E-state index contributed by atoms with van der Waals surface area (Å²) in [6.45, 7) is 4.23. The van der Waals surface area contributed by atoms with Crippen LogP contribution in [0, 0.1) is 18.6 Å². The molecule has 1 aliphatic heterocycles. The molecule has 0 spiro atoms. The molecule has 2 heterocycles. The Bertz CT molecular complexity index is 1150. The van der Waals surface area contributed by atoms with Gasteiger partial charge in [0.05, 0.1) is 5.39 Å². The lowest BCUT2D eigenvalue weighted by Crippen LogP contribution is -2.48. The highest BCUT2D eigenvalue weighted by Gasteiger charge is 2.21. The molecule has 1 amide bonds. The fourth-order valence-electron chi connectivity index (χ4n) is 3.95. The van der Waals surface area contributed by atoms with Crippen LogP contribution in [-0.4, -0.2) is 42.0 Å². The van der Waals surface area contributed by atoms with Crippen molar-refractivity contribution in [1.82, 2.24) is 9.88 Å². The second-order valence-electron chi connectivity index (χ2n) is 7.62. The predicted octanol–water partition coefficient (Wildman–Crippen LogP) is 3.40. The number of piperazine rings is 1. The molecule has 3 aromatic rings. The van der Waals surface area contributed by atoms with Gasteiger partial charge in [0.1, 0.15) is 11.6 Å². The van der Waals surface area contributed by atoms with E-state index in [1.54, 1.807) is 23.1 Å². The van der Waals surface area contributed by atoms with Gasteiger partial charge in [0, 0.05) is 44.0 Å². The molecule has 1 N–H and O–H groups in total. The number of anilines is 1. The van der Waals surface area contributed by atoms with Crippen molar-refractivity contribution < 1.29 is 13.6 Å². The van der Waals surface area contributed by atoms with Gasteiger partial charge in [-0.15, -0.1) is 0 Å². The minimum absolute atomic E-state index is 0.00537. The van der Waals surface area contributed by atoms with Crippen LogP contribution in [0.1, 0.15) is 17.7 Å². The first-order valence-electron chi connectivity index (χ1n) is 10.0. The van der Waals surface area contributed by atoms with Crippen LogP contribution in [0.4, 0.5) is 14.5 Å². The monoisotopic (exact) mass is 411 g/mol. The summed E-state index contributed by atoms with van der Waals surface area (Å²) in [5.41, 5.74) is 1.78. The number of pyridine rings is 1. The number of benzene rings is 2. The Morgan fingerprint density at radius 2 is 1.83 bits per heavy atom. The summed E-state index contributed by atoms with van der Waals surface area (Å²) < 4.78 is 27.4. The summed E-state index contributed by atoms with van der Waals surface area (Å²) in [6.07, 6.45) is 0.639. The van der Waals surface area contributed by atoms with E-state index in [-0.39, 0.29) is 23.5 Å². The van der Waals surface area contributed by atoms with Gasteiger partial charge in [0.25, 0.3) is 5.56 Å². The lowest BCUT2D eigenvalue weighted by atomic mass is 10.0. The molecular weight excluding hydrogens is 388 g/mol. The molecule has 1 saturated heterocycles. The number of halogens is 2. The van der Waals surface area contributed by atoms with Gasteiger partial charge < -0.3 is 14.8 Å². The Labute approximate surface area is 172 Å². The Kier molecular flexibility index (Phi) is 5.53. The van der Waals surface area contributed by atoms with Gasteiger partial charge in [0.15, 0.2) is 0 Å². The standard InChI is InChI=1S/C23H23F2N3O2/c1-15-5-7-20(25)22-19(15)14-17(26-23(22)30)6-8-21(29)28-11-9-27(10-12-28)18-4-2-3-16(24)13-18/h2-5,7,13-14H,6,8-12H2,1H3,(H,26,30). The molecule has 30 heavy (non-hydrogen) atoms. The molecule has 0 radical (unpaired) electrons. The van der Waals surface area contributed by atoms with Crippen molar-refractivity contribution >= 4 is 22.4 Å². The number of amides is 1. The zero-order valence-electron chi connectivity index (χ0n) is 16.8. The zero-order chi connectivity index (χ0) is 21.3. The van der Waals surface area contributed by atoms with Crippen molar-refractivity contribution in [2.45, 2.75) is 19.8 Å². The smallest absolute Gasteiger partial charge is 0.259 e. The first-order chi connectivity index (χ1) is 14.4. The number of aromatic nitrogens is 1. The van der Waals surface area contributed by atoms with Crippen LogP contribution in [0.15, 0.2) is 47.3 Å². The number of nitrogens with zero attached hydrogens (tertiary/aromatic N) is 2. The molecule has 1 fully saturated rings. The number of rotatable bonds is 4. The molecule has 7 heteroatoms. The van der Waals surface area contributed by atoms with Gasteiger partial charge in [-0.05, 0) is 54.6 Å². The highest BCUT2D eigenvalue weighted by molar-refractivity contribution is 5.85. The summed E-state index contributed by atoms with van der Waals surface area (Å²) in [6, 6.07) is 11.1. The number of carbonyl (C=O) groups is 1. The highest BCUT2D eigenvalue weighted by Crippen LogP contribution is 2.20. The molecule has 0 saturated carbocycles. The van der Waals surface area contributed by atoms with Gasteiger partial charge in [-0.2, -0.15) is 0 Å². The molecule has 0 bridgehead atoms. The van der Waals surface area contributed by atoms with Gasteiger partial charge in [-0.1, -0.05) is 12.1 Å². The SMILES string of the molecule is Cc1ccc(F)c2c(=O)[nH]c(CCC(=O)N3CCN(c4cccc(F)c4)CC3)cc12. The average Bonchev–Trinajstić information content (AvgIpc) is 2.74. The molecule has 2 aromatic carbocycles. The van der Waals surface area contributed by atoms with Crippen LogP contribution < -0.4 is 10.5 Å². The van der Waals surface area contributed by atoms with Crippen LogP contribution in [-0.2, 0) is 11.2 Å². The first kappa shape index (κ1) is 20.1. The molecule has 0 unspecified atom stereocenters. The number of carbonyl (C=O) groups excluding carboxylic acids is 1. The van der Waals surface area contributed by atoms with E-state index in [2.05, 4.69) is 9.88 Å². The summed E-state index contributed by atoms with van der Waals surface area (Å²) in [7, 11) is 0. The maximum atomic E-state index is 14.0. The third kappa shape index (κ3) is 4.06. The lowest BCUT2D eigenvalue weighted by Gasteiger charge is -2.36. The molecule has 1 aromatic heterocycles. The van der Waals surface area contributed by atoms with Gasteiger partial charge in [-0.25, -0.2) is 8.78 Å². The van der Waals surface area contributed by atoms with E-state index in [4.69, 9.17) is 0 Å².